The van der Waals surface area contributed by atoms with Gasteiger partial charge in [0.2, 0.25) is 5.91 Å². The van der Waals surface area contributed by atoms with Gasteiger partial charge in [-0.2, -0.15) is 0 Å². The molecule has 2 aromatic rings. The molecular weight excluding hydrogens is 266 g/mol. The fourth-order valence-corrected chi connectivity index (χ4v) is 2.43. The van der Waals surface area contributed by atoms with Gasteiger partial charge < -0.3 is 15.4 Å². The molecule has 0 saturated carbocycles. The fraction of sp³-hybridized carbons (Fsp3) is 0.375. The van der Waals surface area contributed by atoms with Gasteiger partial charge in [-0.3, -0.25) is 9.78 Å². The quantitative estimate of drug-likeness (QED) is 0.900. The van der Waals surface area contributed by atoms with E-state index in [2.05, 4.69) is 15.6 Å². The third-order valence-electron chi connectivity index (χ3n) is 3.80. The van der Waals surface area contributed by atoms with Crippen molar-refractivity contribution in [3.05, 3.63) is 36.0 Å². The summed E-state index contributed by atoms with van der Waals surface area (Å²) < 4.78 is 5.65. The molecule has 110 valence electrons. The Morgan fingerprint density at radius 2 is 2.24 bits per heavy atom. The second kappa shape index (κ2) is 5.42. The van der Waals surface area contributed by atoms with Crippen LogP contribution in [0.25, 0.3) is 10.9 Å². The Morgan fingerprint density at radius 1 is 1.43 bits per heavy atom. The monoisotopic (exact) mass is 285 g/mol. The van der Waals surface area contributed by atoms with Crippen molar-refractivity contribution in [2.45, 2.75) is 19.4 Å². The van der Waals surface area contributed by atoms with E-state index in [1.807, 2.05) is 38.1 Å². The third kappa shape index (κ3) is 2.89. The van der Waals surface area contributed by atoms with Gasteiger partial charge in [0, 0.05) is 24.7 Å². The molecule has 2 N–H and O–H groups in total. The van der Waals surface area contributed by atoms with Crippen LogP contribution < -0.4 is 10.6 Å². The number of aryl methyl sites for hydroxylation is 1. The number of rotatable bonds is 4. The summed E-state index contributed by atoms with van der Waals surface area (Å²) in [7, 11) is 0. The van der Waals surface area contributed by atoms with E-state index in [4.69, 9.17) is 4.74 Å². The van der Waals surface area contributed by atoms with Crippen molar-refractivity contribution < 1.29 is 9.53 Å². The number of benzene rings is 1. The summed E-state index contributed by atoms with van der Waals surface area (Å²) in [6, 6.07) is 7.70. The van der Waals surface area contributed by atoms with Crippen molar-refractivity contribution in [2.24, 2.45) is 0 Å². The summed E-state index contributed by atoms with van der Waals surface area (Å²) in [6.45, 7) is 5.65. The number of hydrogen-bond acceptors (Lipinski definition) is 4. The number of ether oxygens (including phenoxy) is 1. The van der Waals surface area contributed by atoms with Crippen LogP contribution in [0.5, 0.6) is 0 Å². The molecule has 1 fully saturated rings. The summed E-state index contributed by atoms with van der Waals surface area (Å²) >= 11 is 0. The van der Waals surface area contributed by atoms with E-state index >= 15 is 0 Å². The van der Waals surface area contributed by atoms with Gasteiger partial charge in [0.05, 0.1) is 16.8 Å². The predicted octanol–water partition coefficient (Wildman–Crippen LogP) is 1.86. The lowest BCUT2D eigenvalue weighted by molar-refractivity contribution is -0.130. The first kappa shape index (κ1) is 14.0. The Bertz CT molecular complexity index is 680. The molecule has 1 saturated heterocycles. The number of aromatic nitrogens is 1. The van der Waals surface area contributed by atoms with E-state index in [-0.39, 0.29) is 18.1 Å². The highest BCUT2D eigenvalue weighted by Crippen LogP contribution is 2.24. The highest BCUT2D eigenvalue weighted by Gasteiger charge is 2.33. The van der Waals surface area contributed by atoms with Crippen molar-refractivity contribution in [3.63, 3.8) is 0 Å². The van der Waals surface area contributed by atoms with Gasteiger partial charge >= 0.3 is 0 Å². The summed E-state index contributed by atoms with van der Waals surface area (Å²) in [5.74, 6) is -0.142. The van der Waals surface area contributed by atoms with Gasteiger partial charge in [-0.15, -0.1) is 0 Å². The molecule has 5 nitrogen and oxygen atoms in total. The van der Waals surface area contributed by atoms with E-state index in [1.54, 1.807) is 6.20 Å². The van der Waals surface area contributed by atoms with Crippen LogP contribution >= 0.6 is 0 Å². The fourth-order valence-electron chi connectivity index (χ4n) is 2.43. The third-order valence-corrected chi connectivity index (χ3v) is 3.80. The summed E-state index contributed by atoms with van der Waals surface area (Å²) in [4.78, 5) is 16.4. The lowest BCUT2D eigenvalue weighted by Crippen LogP contribution is -2.59. The molecule has 5 heteroatoms. The smallest absolute Gasteiger partial charge is 0.250 e. The first-order valence-corrected chi connectivity index (χ1v) is 7.06. The molecule has 1 amide bonds. The number of carbonyl (C=O) groups excluding carboxylic acids is 1. The SMILES string of the molecule is Cc1ccc(NC(=O)COC2(C)CNC2)c2cccnc12. The molecule has 1 aliphatic heterocycles. The van der Waals surface area contributed by atoms with Gasteiger partial charge in [-0.05, 0) is 37.6 Å². The van der Waals surface area contributed by atoms with E-state index < -0.39 is 0 Å². The minimum atomic E-state index is -0.214. The number of hydrogen-bond donors (Lipinski definition) is 2. The molecule has 1 aliphatic rings. The summed E-state index contributed by atoms with van der Waals surface area (Å²) in [6.07, 6.45) is 1.76. The Morgan fingerprint density at radius 3 is 2.95 bits per heavy atom. The molecule has 3 rings (SSSR count). The molecule has 0 atom stereocenters. The molecule has 0 spiro atoms. The van der Waals surface area contributed by atoms with Crippen LogP contribution in [-0.4, -0.2) is 36.2 Å². The number of carbonyl (C=O) groups is 1. The van der Waals surface area contributed by atoms with Gasteiger partial charge in [0.1, 0.15) is 6.61 Å². The summed E-state index contributed by atoms with van der Waals surface area (Å²) in [5.41, 5.74) is 2.56. The van der Waals surface area contributed by atoms with Gasteiger partial charge in [-0.1, -0.05) is 6.07 Å². The van der Waals surface area contributed by atoms with Crippen molar-refractivity contribution in [2.75, 3.05) is 25.0 Å². The molecule has 1 aromatic carbocycles. The molecule has 0 radical (unpaired) electrons. The standard InChI is InChI=1S/C16H19N3O2/c1-11-5-6-13(12-4-3-7-18-15(11)12)19-14(20)8-21-16(2)9-17-10-16/h3-7,17H,8-10H2,1-2H3,(H,19,20). The Kier molecular flexibility index (Phi) is 3.61. The van der Waals surface area contributed by atoms with Gasteiger partial charge in [0.15, 0.2) is 0 Å². The zero-order chi connectivity index (χ0) is 14.9. The van der Waals surface area contributed by atoms with E-state index in [0.29, 0.717) is 0 Å². The zero-order valence-electron chi connectivity index (χ0n) is 12.3. The zero-order valence-corrected chi connectivity index (χ0v) is 12.3. The normalized spacial score (nSPS) is 16.5. The lowest BCUT2D eigenvalue weighted by Gasteiger charge is -2.38. The number of fused-ring (bicyclic) bond motifs is 1. The van der Waals surface area contributed by atoms with Crippen LogP contribution in [0.1, 0.15) is 12.5 Å². The van der Waals surface area contributed by atoms with Crippen LogP contribution in [0.2, 0.25) is 0 Å². The predicted molar refractivity (Wildman–Crippen MR) is 82.3 cm³/mol. The Balaban J connectivity index is 1.72. The Hall–Kier alpha value is -1.98. The highest BCUT2D eigenvalue weighted by atomic mass is 16.5. The van der Waals surface area contributed by atoms with Gasteiger partial charge in [-0.25, -0.2) is 0 Å². The van der Waals surface area contributed by atoms with Crippen LogP contribution in [-0.2, 0) is 9.53 Å². The number of amides is 1. The number of nitrogens with one attached hydrogen (secondary N) is 2. The first-order valence-electron chi connectivity index (χ1n) is 7.06. The van der Waals surface area contributed by atoms with E-state index in [0.717, 1.165) is 35.2 Å². The lowest BCUT2D eigenvalue weighted by atomic mass is 10.0. The molecule has 0 unspecified atom stereocenters. The number of nitrogens with zero attached hydrogens (tertiary/aromatic N) is 1. The van der Waals surface area contributed by atoms with Crippen molar-refractivity contribution >= 4 is 22.5 Å². The van der Waals surface area contributed by atoms with Crippen LogP contribution in [0, 0.1) is 6.92 Å². The van der Waals surface area contributed by atoms with Crippen LogP contribution in [0.3, 0.4) is 0 Å². The molecule has 1 aromatic heterocycles. The number of anilines is 1. The first-order chi connectivity index (χ1) is 10.1. The highest BCUT2D eigenvalue weighted by molar-refractivity contribution is 6.02. The maximum atomic E-state index is 12.1. The van der Waals surface area contributed by atoms with Crippen molar-refractivity contribution in [3.8, 4) is 0 Å². The summed E-state index contributed by atoms with van der Waals surface area (Å²) in [5, 5.41) is 7.00. The minimum absolute atomic E-state index is 0.0633. The molecular formula is C16H19N3O2. The molecule has 0 bridgehead atoms. The number of pyridine rings is 1. The Labute approximate surface area is 123 Å². The topological polar surface area (TPSA) is 63.2 Å². The second-order valence-electron chi connectivity index (χ2n) is 5.72. The average molecular weight is 285 g/mol. The maximum absolute atomic E-state index is 12.1. The van der Waals surface area contributed by atoms with Crippen LogP contribution in [0.4, 0.5) is 5.69 Å². The van der Waals surface area contributed by atoms with Gasteiger partial charge in [0.25, 0.3) is 0 Å². The maximum Gasteiger partial charge on any atom is 0.250 e. The van der Waals surface area contributed by atoms with Crippen molar-refractivity contribution in [1.82, 2.24) is 10.3 Å². The van der Waals surface area contributed by atoms with Crippen molar-refractivity contribution in [1.29, 1.82) is 0 Å². The van der Waals surface area contributed by atoms with Crippen LogP contribution in [0.15, 0.2) is 30.5 Å². The van der Waals surface area contributed by atoms with E-state index in [9.17, 15) is 4.79 Å². The average Bonchev–Trinajstić information content (AvgIpc) is 2.46. The molecule has 2 heterocycles. The second-order valence-corrected chi connectivity index (χ2v) is 5.72. The van der Waals surface area contributed by atoms with E-state index in [1.165, 1.54) is 0 Å². The largest absolute Gasteiger partial charge is 0.363 e. The minimum Gasteiger partial charge on any atom is -0.363 e. The molecule has 0 aliphatic carbocycles. The molecule has 21 heavy (non-hydrogen) atoms.